The van der Waals surface area contributed by atoms with E-state index >= 15 is 0 Å². The van der Waals surface area contributed by atoms with Crippen LogP contribution in [0.1, 0.15) is 15.9 Å². The van der Waals surface area contributed by atoms with Gasteiger partial charge in [0.05, 0.1) is 19.3 Å². The molecule has 1 aromatic carbocycles. The molecule has 0 saturated carbocycles. The quantitative estimate of drug-likeness (QED) is 0.606. The summed E-state index contributed by atoms with van der Waals surface area (Å²) in [6, 6.07) is 2.69. The predicted molar refractivity (Wildman–Crippen MR) is 68.7 cm³/mol. The molecule has 0 aliphatic rings. The highest BCUT2D eigenvalue weighted by atomic mass is 79.9. The van der Waals surface area contributed by atoms with Crippen LogP contribution in [0.25, 0.3) is 0 Å². The maximum Gasteiger partial charge on any atom is 0.252 e. The van der Waals surface area contributed by atoms with Gasteiger partial charge in [-0.05, 0) is 24.6 Å². The Hall–Kier alpha value is -1.11. The summed E-state index contributed by atoms with van der Waals surface area (Å²) < 4.78 is 0.704. The van der Waals surface area contributed by atoms with Gasteiger partial charge in [0.25, 0.3) is 5.91 Å². The van der Waals surface area contributed by atoms with Crippen molar-refractivity contribution in [1.29, 1.82) is 0 Å². The molecule has 0 aromatic heterocycles. The Kier molecular flexibility index (Phi) is 4.92. The molecule has 5 N–H and O–H groups in total. The van der Waals surface area contributed by atoms with Crippen molar-refractivity contribution in [2.75, 3.05) is 18.9 Å². The van der Waals surface area contributed by atoms with Gasteiger partial charge in [-0.15, -0.1) is 0 Å². The first-order chi connectivity index (χ1) is 7.99. The van der Waals surface area contributed by atoms with Gasteiger partial charge in [-0.25, -0.2) is 0 Å². The zero-order chi connectivity index (χ0) is 13.0. The van der Waals surface area contributed by atoms with E-state index in [4.69, 9.17) is 15.9 Å². The third kappa shape index (κ3) is 3.42. The van der Waals surface area contributed by atoms with Crippen LogP contribution in [0.15, 0.2) is 16.6 Å². The highest BCUT2D eigenvalue weighted by Gasteiger charge is 2.15. The summed E-state index contributed by atoms with van der Waals surface area (Å²) in [7, 11) is 0. The van der Waals surface area contributed by atoms with Gasteiger partial charge in [0.2, 0.25) is 0 Å². The van der Waals surface area contributed by atoms with E-state index in [0.717, 1.165) is 0 Å². The number of carbonyl (C=O) groups is 1. The number of rotatable bonds is 4. The van der Waals surface area contributed by atoms with Crippen LogP contribution in [0.5, 0.6) is 0 Å². The lowest BCUT2D eigenvalue weighted by Gasteiger charge is -2.15. The summed E-state index contributed by atoms with van der Waals surface area (Å²) in [5.41, 5.74) is 7.34. The molecule has 0 aliphatic heterocycles. The number of aliphatic hydroxyl groups excluding tert-OH is 2. The molecule has 1 aromatic rings. The zero-order valence-electron chi connectivity index (χ0n) is 9.40. The second-order valence-electron chi connectivity index (χ2n) is 3.70. The Bertz CT molecular complexity index is 419. The number of nitrogen functional groups attached to an aromatic ring is 1. The average Bonchev–Trinajstić information content (AvgIpc) is 2.30. The molecule has 1 rings (SSSR count). The summed E-state index contributed by atoms with van der Waals surface area (Å²) in [6.07, 6.45) is 0. The van der Waals surface area contributed by atoms with E-state index in [1.54, 1.807) is 19.1 Å². The molecule has 0 fully saturated rings. The monoisotopic (exact) mass is 302 g/mol. The third-order valence-corrected chi connectivity index (χ3v) is 2.89. The second kappa shape index (κ2) is 6.00. The van der Waals surface area contributed by atoms with Crippen molar-refractivity contribution in [3.8, 4) is 0 Å². The molecule has 0 aliphatic carbocycles. The number of halogens is 1. The van der Waals surface area contributed by atoms with E-state index in [9.17, 15) is 4.79 Å². The first-order valence-corrected chi connectivity index (χ1v) is 5.87. The maximum atomic E-state index is 11.9. The van der Waals surface area contributed by atoms with Crippen LogP contribution in [0.3, 0.4) is 0 Å². The molecule has 0 spiro atoms. The lowest BCUT2D eigenvalue weighted by atomic mass is 10.1. The number of aliphatic hydroxyl groups is 2. The van der Waals surface area contributed by atoms with Crippen molar-refractivity contribution in [1.82, 2.24) is 5.32 Å². The molecule has 0 unspecified atom stereocenters. The van der Waals surface area contributed by atoms with Crippen molar-refractivity contribution < 1.29 is 15.0 Å². The zero-order valence-corrected chi connectivity index (χ0v) is 11.0. The standard InChI is InChI=1S/C11H15BrN2O3/c1-6-9(2-7(12)3-10(6)13)11(17)14-8(4-15)5-16/h2-3,8,15-16H,4-5,13H2,1H3,(H,14,17). The minimum atomic E-state index is -0.665. The Balaban J connectivity index is 2.96. The fraction of sp³-hybridized carbons (Fsp3) is 0.364. The molecular formula is C11H15BrN2O3. The molecule has 94 valence electrons. The fourth-order valence-electron chi connectivity index (χ4n) is 1.35. The van der Waals surface area contributed by atoms with Gasteiger partial charge in [0.1, 0.15) is 0 Å². The average molecular weight is 303 g/mol. The molecular weight excluding hydrogens is 288 g/mol. The molecule has 0 saturated heterocycles. The van der Waals surface area contributed by atoms with Crippen LogP contribution < -0.4 is 11.1 Å². The van der Waals surface area contributed by atoms with Crippen LogP contribution in [-0.4, -0.2) is 35.4 Å². The second-order valence-corrected chi connectivity index (χ2v) is 4.62. The van der Waals surface area contributed by atoms with Crippen molar-refractivity contribution in [2.24, 2.45) is 0 Å². The smallest absolute Gasteiger partial charge is 0.252 e. The number of anilines is 1. The van der Waals surface area contributed by atoms with E-state index in [2.05, 4.69) is 21.2 Å². The molecule has 5 nitrogen and oxygen atoms in total. The summed E-state index contributed by atoms with van der Waals surface area (Å²) in [6.45, 7) is 1.11. The van der Waals surface area contributed by atoms with E-state index in [0.29, 0.717) is 21.3 Å². The number of hydrogen-bond acceptors (Lipinski definition) is 4. The maximum absolute atomic E-state index is 11.9. The van der Waals surface area contributed by atoms with Gasteiger partial charge in [-0.3, -0.25) is 4.79 Å². The Morgan fingerprint density at radius 2 is 2.06 bits per heavy atom. The summed E-state index contributed by atoms with van der Waals surface area (Å²) in [5, 5.41) is 20.3. The summed E-state index contributed by atoms with van der Waals surface area (Å²) in [4.78, 5) is 11.9. The molecule has 1 amide bonds. The van der Waals surface area contributed by atoms with Gasteiger partial charge in [-0.1, -0.05) is 15.9 Å². The molecule has 0 bridgehead atoms. The minimum Gasteiger partial charge on any atom is -0.398 e. The Morgan fingerprint density at radius 1 is 1.47 bits per heavy atom. The third-order valence-electron chi connectivity index (χ3n) is 2.43. The molecule has 0 atom stereocenters. The number of nitrogens with one attached hydrogen (secondary N) is 1. The molecule has 0 radical (unpaired) electrons. The number of nitrogens with two attached hydrogens (primary N) is 1. The number of benzene rings is 1. The molecule has 17 heavy (non-hydrogen) atoms. The van der Waals surface area contributed by atoms with Gasteiger partial charge in [0, 0.05) is 15.7 Å². The highest BCUT2D eigenvalue weighted by Crippen LogP contribution is 2.22. The SMILES string of the molecule is Cc1c(N)cc(Br)cc1C(=O)NC(CO)CO. The van der Waals surface area contributed by atoms with Gasteiger partial charge < -0.3 is 21.3 Å². The van der Waals surface area contributed by atoms with Crippen molar-refractivity contribution in [3.05, 3.63) is 27.7 Å². The van der Waals surface area contributed by atoms with E-state index in [1.165, 1.54) is 0 Å². The van der Waals surface area contributed by atoms with E-state index < -0.39 is 6.04 Å². The van der Waals surface area contributed by atoms with Crippen LogP contribution >= 0.6 is 15.9 Å². The highest BCUT2D eigenvalue weighted by molar-refractivity contribution is 9.10. The predicted octanol–water partition coefficient (Wildman–Crippen LogP) is 0.423. The number of amides is 1. The Morgan fingerprint density at radius 3 is 2.59 bits per heavy atom. The topological polar surface area (TPSA) is 95.6 Å². The van der Waals surface area contributed by atoms with Gasteiger partial charge >= 0.3 is 0 Å². The van der Waals surface area contributed by atoms with Gasteiger partial charge in [-0.2, -0.15) is 0 Å². The van der Waals surface area contributed by atoms with Crippen molar-refractivity contribution in [3.63, 3.8) is 0 Å². The van der Waals surface area contributed by atoms with E-state index in [-0.39, 0.29) is 19.1 Å². The van der Waals surface area contributed by atoms with E-state index in [1.807, 2.05) is 0 Å². The number of hydrogen-bond donors (Lipinski definition) is 4. The molecule has 0 heterocycles. The molecule has 6 heteroatoms. The van der Waals surface area contributed by atoms with Crippen LogP contribution in [0, 0.1) is 6.92 Å². The van der Waals surface area contributed by atoms with Crippen LogP contribution in [0.4, 0.5) is 5.69 Å². The normalized spacial score (nSPS) is 10.6. The first kappa shape index (κ1) is 14.0. The minimum absolute atomic E-state index is 0.315. The Labute approximate surface area is 108 Å². The summed E-state index contributed by atoms with van der Waals surface area (Å²) in [5.74, 6) is -0.372. The summed E-state index contributed by atoms with van der Waals surface area (Å²) >= 11 is 3.26. The van der Waals surface area contributed by atoms with Crippen molar-refractivity contribution >= 4 is 27.5 Å². The van der Waals surface area contributed by atoms with Gasteiger partial charge in [0.15, 0.2) is 0 Å². The van der Waals surface area contributed by atoms with Crippen molar-refractivity contribution in [2.45, 2.75) is 13.0 Å². The van der Waals surface area contributed by atoms with Crippen LogP contribution in [-0.2, 0) is 0 Å². The fourth-order valence-corrected chi connectivity index (χ4v) is 1.82. The largest absolute Gasteiger partial charge is 0.398 e. The number of carbonyl (C=O) groups excluding carboxylic acids is 1. The lowest BCUT2D eigenvalue weighted by Crippen LogP contribution is -2.40. The first-order valence-electron chi connectivity index (χ1n) is 5.07. The lowest BCUT2D eigenvalue weighted by molar-refractivity contribution is 0.0879. The van der Waals surface area contributed by atoms with Crippen LogP contribution in [0.2, 0.25) is 0 Å².